The van der Waals surface area contributed by atoms with Crippen LogP contribution in [0.15, 0.2) is 24.5 Å². The van der Waals surface area contributed by atoms with E-state index in [0.717, 1.165) is 0 Å². The van der Waals surface area contributed by atoms with Gasteiger partial charge in [0.15, 0.2) is 5.69 Å². The fraction of sp³-hybridized carbons (Fsp3) is 0.0909. The smallest absolute Gasteiger partial charge is 0.295 e. The fourth-order valence-corrected chi connectivity index (χ4v) is 1.46. The zero-order valence-electron chi connectivity index (χ0n) is 9.90. The van der Waals surface area contributed by atoms with Crippen molar-refractivity contribution in [1.82, 2.24) is 15.0 Å². The van der Waals surface area contributed by atoms with Crippen molar-refractivity contribution >= 4 is 11.6 Å². The second-order valence-electron chi connectivity index (χ2n) is 3.70. The second-order valence-corrected chi connectivity index (χ2v) is 3.70. The number of amides is 1. The summed E-state index contributed by atoms with van der Waals surface area (Å²) < 4.78 is 0. The second kappa shape index (κ2) is 4.77. The van der Waals surface area contributed by atoms with Crippen molar-refractivity contribution in [3.63, 3.8) is 0 Å². The molecule has 0 saturated heterocycles. The summed E-state index contributed by atoms with van der Waals surface area (Å²) in [6.45, 7) is 1.69. The van der Waals surface area contributed by atoms with E-state index in [1.807, 2.05) is 0 Å². The van der Waals surface area contributed by atoms with Gasteiger partial charge in [0, 0.05) is 24.0 Å². The quantitative estimate of drug-likeness (QED) is 0.643. The van der Waals surface area contributed by atoms with Crippen molar-refractivity contribution < 1.29 is 9.72 Å². The number of pyridine rings is 1. The molecule has 8 nitrogen and oxygen atoms in total. The first-order valence-corrected chi connectivity index (χ1v) is 5.23. The zero-order chi connectivity index (χ0) is 14.0. The minimum Gasteiger partial charge on any atom is -0.364 e. The number of aromatic nitrogens is 3. The number of hydrogen-bond donors (Lipinski definition) is 1. The molecule has 0 aliphatic heterocycles. The minimum absolute atomic E-state index is 0.0151. The number of primary amides is 1. The number of carbonyl (C=O) groups excluding carboxylic acids is 1. The Morgan fingerprint density at radius 3 is 2.47 bits per heavy atom. The van der Waals surface area contributed by atoms with E-state index >= 15 is 0 Å². The molecule has 2 aromatic rings. The lowest BCUT2D eigenvalue weighted by Gasteiger charge is -2.03. The summed E-state index contributed by atoms with van der Waals surface area (Å²) in [6, 6.07) is 2.39. The summed E-state index contributed by atoms with van der Waals surface area (Å²) >= 11 is 0. The first-order chi connectivity index (χ1) is 8.99. The van der Waals surface area contributed by atoms with E-state index < -0.39 is 10.8 Å². The molecule has 0 radical (unpaired) electrons. The van der Waals surface area contributed by atoms with Gasteiger partial charge in [-0.1, -0.05) is 0 Å². The van der Waals surface area contributed by atoms with E-state index in [1.165, 1.54) is 24.5 Å². The highest BCUT2D eigenvalue weighted by Gasteiger charge is 2.19. The van der Waals surface area contributed by atoms with Gasteiger partial charge in [0.1, 0.15) is 11.5 Å². The van der Waals surface area contributed by atoms with Crippen molar-refractivity contribution in [3.05, 3.63) is 46.2 Å². The summed E-state index contributed by atoms with van der Waals surface area (Å²) in [4.78, 5) is 33.2. The predicted molar refractivity (Wildman–Crippen MR) is 65.2 cm³/mol. The average molecular weight is 259 g/mol. The lowest BCUT2D eigenvalue weighted by atomic mass is 10.1. The summed E-state index contributed by atoms with van der Waals surface area (Å²) in [5.41, 5.74) is 5.18. The molecule has 0 saturated carbocycles. The lowest BCUT2D eigenvalue weighted by Crippen LogP contribution is -2.13. The van der Waals surface area contributed by atoms with Crippen LogP contribution in [0.25, 0.3) is 11.3 Å². The topological polar surface area (TPSA) is 125 Å². The van der Waals surface area contributed by atoms with Crippen LogP contribution in [0.5, 0.6) is 0 Å². The van der Waals surface area contributed by atoms with Crippen LogP contribution < -0.4 is 5.73 Å². The monoisotopic (exact) mass is 259 g/mol. The molecule has 2 heterocycles. The molecule has 19 heavy (non-hydrogen) atoms. The number of nitrogens with zero attached hydrogens (tertiary/aromatic N) is 4. The summed E-state index contributed by atoms with van der Waals surface area (Å²) in [5, 5.41) is 11.0. The molecule has 0 fully saturated rings. The maximum absolute atomic E-state index is 11.1. The van der Waals surface area contributed by atoms with Crippen LogP contribution in [0, 0.1) is 17.0 Å². The number of aryl methyl sites for hydroxylation is 1. The van der Waals surface area contributed by atoms with Crippen LogP contribution in [-0.2, 0) is 0 Å². The first-order valence-electron chi connectivity index (χ1n) is 5.23. The highest BCUT2D eigenvalue weighted by molar-refractivity contribution is 5.92. The zero-order valence-corrected chi connectivity index (χ0v) is 9.90. The van der Waals surface area contributed by atoms with E-state index in [1.54, 1.807) is 6.92 Å². The molecule has 2 rings (SSSR count). The van der Waals surface area contributed by atoms with Gasteiger partial charge in [-0.05, 0) is 13.0 Å². The highest BCUT2D eigenvalue weighted by Crippen LogP contribution is 2.26. The van der Waals surface area contributed by atoms with Gasteiger partial charge in [-0.3, -0.25) is 14.9 Å². The van der Waals surface area contributed by atoms with Crippen molar-refractivity contribution in [3.8, 4) is 11.3 Å². The number of rotatable bonds is 3. The molecule has 2 aromatic heterocycles. The Morgan fingerprint density at radius 2 is 1.95 bits per heavy atom. The third kappa shape index (κ3) is 2.51. The third-order valence-electron chi connectivity index (χ3n) is 2.38. The molecule has 0 aliphatic rings. The van der Waals surface area contributed by atoms with Gasteiger partial charge >= 0.3 is 0 Å². The lowest BCUT2D eigenvalue weighted by molar-refractivity contribution is -0.384. The molecule has 0 spiro atoms. The molecular formula is C11H9N5O3. The largest absolute Gasteiger partial charge is 0.364 e. The van der Waals surface area contributed by atoms with Gasteiger partial charge in [-0.25, -0.2) is 15.0 Å². The van der Waals surface area contributed by atoms with Crippen LogP contribution in [-0.4, -0.2) is 25.8 Å². The van der Waals surface area contributed by atoms with Gasteiger partial charge in [-0.15, -0.1) is 0 Å². The Morgan fingerprint density at radius 1 is 1.32 bits per heavy atom. The number of hydrogen-bond acceptors (Lipinski definition) is 6. The third-order valence-corrected chi connectivity index (χ3v) is 2.38. The molecule has 0 aliphatic carbocycles. The normalized spacial score (nSPS) is 10.2. The van der Waals surface area contributed by atoms with Crippen molar-refractivity contribution in [2.75, 3.05) is 0 Å². The van der Waals surface area contributed by atoms with E-state index in [-0.39, 0.29) is 17.1 Å². The molecule has 8 heteroatoms. The molecule has 0 aromatic carbocycles. The Labute approximate surface area is 107 Å². The van der Waals surface area contributed by atoms with E-state index in [4.69, 9.17) is 5.73 Å². The number of nitro groups is 1. The van der Waals surface area contributed by atoms with Gasteiger partial charge in [0.25, 0.3) is 11.6 Å². The summed E-state index contributed by atoms with van der Waals surface area (Å²) in [7, 11) is 0. The molecule has 1 amide bonds. The minimum atomic E-state index is -0.760. The molecule has 96 valence electrons. The number of carbonyl (C=O) groups is 1. The Hall–Kier alpha value is -2.90. The number of nitrogens with two attached hydrogens (primary N) is 1. The molecule has 0 unspecified atom stereocenters. The summed E-state index contributed by atoms with van der Waals surface area (Å²) in [5.74, 6) is -0.235. The van der Waals surface area contributed by atoms with Crippen molar-refractivity contribution in [2.45, 2.75) is 6.92 Å². The summed E-state index contributed by atoms with van der Waals surface area (Å²) in [6.07, 6.45) is 2.81. The van der Waals surface area contributed by atoms with Crippen LogP contribution in [0.3, 0.4) is 0 Å². The van der Waals surface area contributed by atoms with Crippen LogP contribution in [0.4, 0.5) is 5.69 Å². The Balaban J connectivity index is 2.64. The van der Waals surface area contributed by atoms with Crippen LogP contribution >= 0.6 is 0 Å². The highest BCUT2D eigenvalue weighted by atomic mass is 16.6. The van der Waals surface area contributed by atoms with E-state index in [2.05, 4.69) is 15.0 Å². The average Bonchev–Trinajstić information content (AvgIpc) is 2.38. The van der Waals surface area contributed by atoms with Gasteiger partial charge < -0.3 is 5.73 Å². The van der Waals surface area contributed by atoms with E-state index in [9.17, 15) is 14.9 Å². The van der Waals surface area contributed by atoms with Crippen LogP contribution in [0.2, 0.25) is 0 Å². The van der Waals surface area contributed by atoms with Crippen LogP contribution in [0.1, 0.15) is 16.3 Å². The molecular weight excluding hydrogens is 250 g/mol. The molecule has 2 N–H and O–H groups in total. The van der Waals surface area contributed by atoms with Gasteiger partial charge in [-0.2, -0.15) is 0 Å². The maximum Gasteiger partial charge on any atom is 0.295 e. The van der Waals surface area contributed by atoms with Crippen molar-refractivity contribution in [1.29, 1.82) is 0 Å². The Bertz CT molecular complexity index is 654. The van der Waals surface area contributed by atoms with Crippen molar-refractivity contribution in [2.24, 2.45) is 5.73 Å². The molecule has 0 atom stereocenters. The SMILES string of the molecule is Cc1ncc(-c2nc(C(N)=O)ccc2[N+](=O)[O-])cn1. The molecule has 0 bridgehead atoms. The fourth-order valence-electron chi connectivity index (χ4n) is 1.46. The first kappa shape index (κ1) is 12.6. The maximum atomic E-state index is 11.1. The van der Waals surface area contributed by atoms with E-state index in [0.29, 0.717) is 11.4 Å². The van der Waals surface area contributed by atoms with Gasteiger partial charge in [0.05, 0.1) is 4.92 Å². The standard InChI is InChI=1S/C11H9N5O3/c1-6-13-4-7(5-14-6)10-9(16(18)19)3-2-8(15-10)11(12)17/h2-5H,1H3,(H2,12,17). The Kier molecular flexibility index (Phi) is 3.15. The van der Waals surface area contributed by atoms with Gasteiger partial charge in [0.2, 0.25) is 0 Å². The predicted octanol–water partition coefficient (Wildman–Crippen LogP) is 0.854.